The van der Waals surface area contributed by atoms with Gasteiger partial charge in [0.2, 0.25) is 0 Å². The van der Waals surface area contributed by atoms with E-state index >= 15 is 0 Å². The summed E-state index contributed by atoms with van der Waals surface area (Å²) in [6, 6.07) is 7.67. The fraction of sp³-hybridized carbons (Fsp3) is 0.286. The lowest BCUT2D eigenvalue weighted by molar-refractivity contribution is 0.0948. The van der Waals surface area contributed by atoms with Gasteiger partial charge >= 0.3 is 0 Å². The van der Waals surface area contributed by atoms with Gasteiger partial charge in [-0.2, -0.15) is 0 Å². The first-order valence-electron chi connectivity index (χ1n) is 6.08. The van der Waals surface area contributed by atoms with Gasteiger partial charge in [-0.25, -0.2) is 0 Å². The van der Waals surface area contributed by atoms with E-state index in [-0.39, 0.29) is 5.91 Å². The van der Waals surface area contributed by atoms with E-state index in [4.69, 9.17) is 4.74 Å². The molecule has 0 saturated carbocycles. The van der Waals surface area contributed by atoms with Crippen LogP contribution in [0, 0.1) is 0 Å². The van der Waals surface area contributed by atoms with Crippen LogP contribution < -0.4 is 5.32 Å². The quantitative estimate of drug-likeness (QED) is 0.825. The summed E-state index contributed by atoms with van der Waals surface area (Å²) in [6.45, 7) is 1.26. The Morgan fingerprint density at radius 1 is 1.42 bits per heavy atom. The number of carbonyl (C=O) groups excluding carboxylic acids is 1. The van der Waals surface area contributed by atoms with E-state index in [1.54, 1.807) is 30.7 Å². The van der Waals surface area contributed by atoms with Gasteiger partial charge in [0.1, 0.15) is 0 Å². The van der Waals surface area contributed by atoms with Crippen LogP contribution in [0.15, 0.2) is 35.8 Å². The summed E-state index contributed by atoms with van der Waals surface area (Å²) in [5.41, 5.74) is 1.48. The summed E-state index contributed by atoms with van der Waals surface area (Å²) >= 11 is 1.63. The highest BCUT2D eigenvalue weighted by Gasteiger charge is 2.06. The molecule has 0 atom stereocenters. The summed E-state index contributed by atoms with van der Waals surface area (Å²) in [7, 11) is 1.65. The van der Waals surface area contributed by atoms with Crippen molar-refractivity contribution in [3.05, 3.63) is 41.4 Å². The van der Waals surface area contributed by atoms with Gasteiger partial charge in [0, 0.05) is 26.5 Å². The molecule has 100 valence electrons. The monoisotopic (exact) mass is 276 g/mol. The molecule has 0 saturated heterocycles. The Labute approximate surface area is 116 Å². The predicted octanol–water partition coefficient (Wildman–Crippen LogP) is 2.58. The normalized spacial score (nSPS) is 10.4. The van der Waals surface area contributed by atoms with Gasteiger partial charge in [-0.15, -0.1) is 11.3 Å². The highest BCUT2D eigenvalue weighted by Crippen LogP contribution is 2.22. The lowest BCUT2D eigenvalue weighted by atomic mass is 10.2. The predicted molar refractivity (Wildman–Crippen MR) is 76.4 cm³/mol. The maximum atomic E-state index is 11.8. The fourth-order valence-corrected chi connectivity index (χ4v) is 2.32. The lowest BCUT2D eigenvalue weighted by Gasteiger charge is -2.05. The number of nitrogens with zero attached hydrogens (tertiary/aromatic N) is 1. The number of ether oxygens (including phenoxy) is 1. The number of aromatic nitrogens is 1. The van der Waals surface area contributed by atoms with Crippen molar-refractivity contribution in [2.24, 2.45) is 0 Å². The molecule has 0 spiro atoms. The smallest absolute Gasteiger partial charge is 0.252 e. The van der Waals surface area contributed by atoms with Crippen molar-refractivity contribution < 1.29 is 9.53 Å². The highest BCUT2D eigenvalue weighted by molar-refractivity contribution is 7.13. The van der Waals surface area contributed by atoms with Crippen LogP contribution >= 0.6 is 11.3 Å². The van der Waals surface area contributed by atoms with Gasteiger partial charge in [-0.1, -0.05) is 6.07 Å². The molecule has 4 nitrogen and oxygen atoms in total. The largest absolute Gasteiger partial charge is 0.385 e. The van der Waals surface area contributed by atoms with E-state index in [1.807, 2.05) is 23.6 Å². The first kappa shape index (κ1) is 13.7. The number of rotatable bonds is 6. The molecule has 0 radical (unpaired) electrons. The summed E-state index contributed by atoms with van der Waals surface area (Å²) < 4.78 is 4.92. The van der Waals surface area contributed by atoms with E-state index in [0.29, 0.717) is 18.7 Å². The number of pyridine rings is 1. The van der Waals surface area contributed by atoms with Crippen LogP contribution in [0.3, 0.4) is 0 Å². The first-order chi connectivity index (χ1) is 9.31. The fourth-order valence-electron chi connectivity index (χ4n) is 1.62. The average molecular weight is 276 g/mol. The number of methoxy groups -OCH3 is 1. The molecule has 0 aromatic carbocycles. The third-order valence-corrected chi connectivity index (χ3v) is 3.50. The second-order valence-corrected chi connectivity index (χ2v) is 4.96. The first-order valence-corrected chi connectivity index (χ1v) is 6.96. The molecule has 2 aromatic rings. The molecule has 1 N–H and O–H groups in total. The maximum absolute atomic E-state index is 11.8. The Hall–Kier alpha value is -1.72. The Morgan fingerprint density at radius 3 is 2.95 bits per heavy atom. The van der Waals surface area contributed by atoms with Crippen LogP contribution in [0.5, 0.6) is 0 Å². The van der Waals surface area contributed by atoms with Gasteiger partial charge in [0.15, 0.2) is 0 Å². The van der Waals surface area contributed by atoms with Gasteiger partial charge < -0.3 is 10.1 Å². The minimum absolute atomic E-state index is 0.0960. The van der Waals surface area contributed by atoms with Crippen molar-refractivity contribution in [3.8, 4) is 10.6 Å². The molecule has 1 amide bonds. The van der Waals surface area contributed by atoms with E-state index < -0.39 is 0 Å². The van der Waals surface area contributed by atoms with Crippen LogP contribution in [-0.2, 0) is 4.74 Å². The Balaban J connectivity index is 1.93. The Morgan fingerprint density at radius 2 is 2.32 bits per heavy atom. The number of thiophene rings is 1. The van der Waals surface area contributed by atoms with Gasteiger partial charge in [-0.3, -0.25) is 9.78 Å². The number of hydrogen-bond donors (Lipinski definition) is 1. The highest BCUT2D eigenvalue weighted by atomic mass is 32.1. The Bertz CT molecular complexity index is 509. The van der Waals surface area contributed by atoms with E-state index in [0.717, 1.165) is 17.0 Å². The number of nitrogens with one attached hydrogen (secondary N) is 1. The van der Waals surface area contributed by atoms with Crippen LogP contribution in [0.4, 0.5) is 0 Å². The van der Waals surface area contributed by atoms with Crippen LogP contribution in [0.1, 0.15) is 16.8 Å². The molecule has 2 aromatic heterocycles. The zero-order chi connectivity index (χ0) is 13.5. The van der Waals surface area contributed by atoms with Crippen molar-refractivity contribution in [3.63, 3.8) is 0 Å². The molecular formula is C14H16N2O2S. The SMILES string of the molecule is COCCCNC(=O)c1ccc(-c2cccs2)nc1. The molecule has 5 heteroatoms. The topological polar surface area (TPSA) is 51.2 Å². The summed E-state index contributed by atoms with van der Waals surface area (Å²) in [4.78, 5) is 17.2. The standard InChI is InChI=1S/C14H16N2O2S/c1-18-8-3-7-15-14(17)11-5-6-12(16-10-11)13-4-2-9-19-13/h2,4-6,9-10H,3,7-8H2,1H3,(H,15,17). The van der Waals surface area contributed by atoms with Crippen LogP contribution in [0.25, 0.3) is 10.6 Å². The van der Waals surface area contributed by atoms with Crippen molar-refractivity contribution in [1.82, 2.24) is 10.3 Å². The van der Waals surface area contributed by atoms with Gasteiger partial charge in [0.05, 0.1) is 16.1 Å². The second kappa shape index (κ2) is 7.01. The zero-order valence-electron chi connectivity index (χ0n) is 10.8. The minimum Gasteiger partial charge on any atom is -0.385 e. The lowest BCUT2D eigenvalue weighted by Crippen LogP contribution is -2.25. The summed E-state index contributed by atoms with van der Waals surface area (Å²) in [6.07, 6.45) is 2.42. The molecule has 0 aliphatic carbocycles. The van der Waals surface area contributed by atoms with E-state index in [9.17, 15) is 4.79 Å². The summed E-state index contributed by atoms with van der Waals surface area (Å²) in [5.74, 6) is -0.0960. The average Bonchev–Trinajstić information content (AvgIpc) is 2.98. The summed E-state index contributed by atoms with van der Waals surface area (Å²) in [5, 5.41) is 4.84. The molecule has 2 heterocycles. The minimum atomic E-state index is -0.0960. The third kappa shape index (κ3) is 3.87. The number of amides is 1. The molecule has 0 aliphatic heterocycles. The van der Waals surface area contributed by atoms with Gasteiger partial charge in [0.25, 0.3) is 5.91 Å². The number of carbonyl (C=O) groups is 1. The van der Waals surface area contributed by atoms with Crippen LogP contribution in [-0.4, -0.2) is 31.2 Å². The van der Waals surface area contributed by atoms with Crippen molar-refractivity contribution in [2.75, 3.05) is 20.3 Å². The van der Waals surface area contributed by atoms with Crippen molar-refractivity contribution >= 4 is 17.2 Å². The van der Waals surface area contributed by atoms with Gasteiger partial charge in [-0.05, 0) is 30.0 Å². The molecule has 2 rings (SSSR count). The third-order valence-electron chi connectivity index (χ3n) is 2.61. The molecular weight excluding hydrogens is 260 g/mol. The molecule has 0 aliphatic rings. The molecule has 0 bridgehead atoms. The van der Waals surface area contributed by atoms with E-state index in [2.05, 4.69) is 10.3 Å². The zero-order valence-corrected chi connectivity index (χ0v) is 11.6. The maximum Gasteiger partial charge on any atom is 0.252 e. The van der Waals surface area contributed by atoms with Crippen LogP contribution in [0.2, 0.25) is 0 Å². The second-order valence-electron chi connectivity index (χ2n) is 4.01. The molecule has 0 unspecified atom stereocenters. The van der Waals surface area contributed by atoms with Crippen molar-refractivity contribution in [2.45, 2.75) is 6.42 Å². The molecule has 0 fully saturated rings. The molecule has 19 heavy (non-hydrogen) atoms. The van der Waals surface area contributed by atoms with Crippen molar-refractivity contribution in [1.29, 1.82) is 0 Å². The van der Waals surface area contributed by atoms with E-state index in [1.165, 1.54) is 0 Å². The Kier molecular flexibility index (Phi) is 5.06. The number of hydrogen-bond acceptors (Lipinski definition) is 4.